The first-order valence-corrected chi connectivity index (χ1v) is 5.70. The quantitative estimate of drug-likeness (QED) is 0.802. The van der Waals surface area contributed by atoms with Gasteiger partial charge in [-0.2, -0.15) is 10.5 Å². The van der Waals surface area contributed by atoms with Crippen molar-refractivity contribution in [1.29, 1.82) is 10.5 Å². The fourth-order valence-electron chi connectivity index (χ4n) is 1.22. The summed E-state index contributed by atoms with van der Waals surface area (Å²) in [4.78, 5) is 0. The monoisotopic (exact) mass is 308 g/mol. The zero-order valence-electron chi connectivity index (χ0n) is 8.02. The van der Waals surface area contributed by atoms with Crippen LogP contribution in [0.5, 0.6) is 0 Å². The molecule has 15 heavy (non-hydrogen) atoms. The molecule has 0 aliphatic heterocycles. The van der Waals surface area contributed by atoms with E-state index in [0.717, 1.165) is 11.1 Å². The lowest BCUT2D eigenvalue weighted by atomic mass is 9.97. The second-order valence-electron chi connectivity index (χ2n) is 3.02. The van der Waals surface area contributed by atoms with Gasteiger partial charge in [0, 0.05) is 6.42 Å². The van der Waals surface area contributed by atoms with Crippen LogP contribution in [-0.4, -0.2) is 0 Å². The highest BCUT2D eigenvalue weighted by molar-refractivity contribution is 14.1. The van der Waals surface area contributed by atoms with Crippen LogP contribution in [0.1, 0.15) is 12.0 Å². The number of hydrogen-bond donors (Lipinski definition) is 0. The number of nitrogens with zero attached hydrogens (tertiary/aromatic N) is 2. The first kappa shape index (κ1) is 11.7. The van der Waals surface area contributed by atoms with Crippen molar-refractivity contribution >= 4 is 28.2 Å². The van der Waals surface area contributed by atoms with Crippen LogP contribution in [0.25, 0.3) is 5.57 Å². The van der Waals surface area contributed by atoms with Gasteiger partial charge in [0.1, 0.15) is 5.92 Å². The summed E-state index contributed by atoms with van der Waals surface area (Å²) in [7, 11) is 0. The molecule has 0 saturated heterocycles. The van der Waals surface area contributed by atoms with E-state index in [9.17, 15) is 0 Å². The van der Waals surface area contributed by atoms with Gasteiger partial charge in [-0.1, -0.05) is 52.9 Å². The molecule has 3 heteroatoms. The van der Waals surface area contributed by atoms with E-state index in [1.54, 1.807) is 0 Å². The molecule has 0 unspecified atom stereocenters. The van der Waals surface area contributed by atoms with Gasteiger partial charge in [-0.25, -0.2) is 0 Å². The van der Waals surface area contributed by atoms with Crippen molar-refractivity contribution in [3.63, 3.8) is 0 Å². The largest absolute Gasteiger partial charge is 0.197 e. The zero-order chi connectivity index (χ0) is 11.1. The first-order chi connectivity index (χ1) is 7.31. The second kappa shape index (κ2) is 6.21. The molecule has 0 amide bonds. The van der Waals surface area contributed by atoms with Gasteiger partial charge in [-0.3, -0.25) is 0 Å². The van der Waals surface area contributed by atoms with E-state index in [0.29, 0.717) is 6.42 Å². The zero-order valence-corrected chi connectivity index (χ0v) is 10.2. The smallest absolute Gasteiger partial charge is 0.137 e. The van der Waals surface area contributed by atoms with Crippen molar-refractivity contribution < 1.29 is 0 Å². The SMILES string of the molecule is N#CC(C#N)CC(=CI)c1ccccc1. The van der Waals surface area contributed by atoms with Crippen molar-refractivity contribution in [2.75, 3.05) is 0 Å². The molecule has 0 bridgehead atoms. The third-order valence-corrected chi connectivity index (χ3v) is 2.76. The van der Waals surface area contributed by atoms with Gasteiger partial charge in [-0.15, -0.1) is 0 Å². The highest BCUT2D eigenvalue weighted by Crippen LogP contribution is 2.23. The van der Waals surface area contributed by atoms with E-state index in [1.807, 2.05) is 46.6 Å². The van der Waals surface area contributed by atoms with E-state index in [4.69, 9.17) is 10.5 Å². The van der Waals surface area contributed by atoms with Crippen LogP contribution in [0.4, 0.5) is 0 Å². The maximum absolute atomic E-state index is 8.72. The van der Waals surface area contributed by atoms with Crippen LogP contribution in [0, 0.1) is 28.6 Å². The van der Waals surface area contributed by atoms with Gasteiger partial charge in [0.2, 0.25) is 0 Å². The summed E-state index contributed by atoms with van der Waals surface area (Å²) in [5, 5.41) is 17.4. The van der Waals surface area contributed by atoms with Gasteiger partial charge in [0.15, 0.2) is 0 Å². The molecule has 0 aliphatic carbocycles. The van der Waals surface area contributed by atoms with Crippen LogP contribution in [0.2, 0.25) is 0 Å². The predicted octanol–water partition coefficient (Wildman–Crippen LogP) is 3.52. The summed E-state index contributed by atoms with van der Waals surface area (Å²) in [6.07, 6.45) is 0.486. The molecule has 0 spiro atoms. The van der Waals surface area contributed by atoms with Gasteiger partial charge >= 0.3 is 0 Å². The topological polar surface area (TPSA) is 47.6 Å². The predicted molar refractivity (Wildman–Crippen MR) is 67.8 cm³/mol. The molecule has 2 nitrogen and oxygen atoms in total. The Bertz CT molecular complexity index is 409. The summed E-state index contributed by atoms with van der Waals surface area (Å²) in [6, 6.07) is 13.8. The summed E-state index contributed by atoms with van der Waals surface area (Å²) >= 11 is 2.14. The number of rotatable bonds is 3. The number of nitriles is 2. The Kier molecular flexibility index (Phi) is 4.86. The molecule has 0 aromatic heterocycles. The molecule has 0 fully saturated rings. The van der Waals surface area contributed by atoms with Crippen LogP contribution < -0.4 is 0 Å². The molecule has 0 saturated carbocycles. The Balaban J connectivity index is 2.85. The van der Waals surface area contributed by atoms with Gasteiger partial charge in [0.25, 0.3) is 0 Å². The number of halogens is 1. The van der Waals surface area contributed by atoms with E-state index < -0.39 is 5.92 Å². The van der Waals surface area contributed by atoms with Crippen LogP contribution in [0.15, 0.2) is 34.4 Å². The number of benzene rings is 1. The van der Waals surface area contributed by atoms with E-state index in [-0.39, 0.29) is 0 Å². The average Bonchev–Trinajstić information content (AvgIpc) is 2.32. The van der Waals surface area contributed by atoms with Crippen molar-refractivity contribution in [1.82, 2.24) is 0 Å². The molecule has 0 atom stereocenters. The molecular weight excluding hydrogens is 299 g/mol. The van der Waals surface area contributed by atoms with Crippen molar-refractivity contribution in [2.24, 2.45) is 5.92 Å². The number of allylic oxidation sites excluding steroid dienone is 1. The molecule has 74 valence electrons. The lowest BCUT2D eigenvalue weighted by molar-refractivity contribution is 0.877. The Morgan fingerprint density at radius 2 is 1.87 bits per heavy atom. The molecule has 1 rings (SSSR count). The lowest BCUT2D eigenvalue weighted by Crippen LogP contribution is -1.95. The summed E-state index contributed by atoms with van der Waals surface area (Å²) in [5.74, 6) is -0.564. The average molecular weight is 308 g/mol. The lowest BCUT2D eigenvalue weighted by Gasteiger charge is -2.06. The Hall–Kier alpha value is -1.33. The Labute approximate surface area is 103 Å². The van der Waals surface area contributed by atoms with Crippen LogP contribution in [0.3, 0.4) is 0 Å². The highest BCUT2D eigenvalue weighted by Gasteiger charge is 2.09. The van der Waals surface area contributed by atoms with Gasteiger partial charge in [0.05, 0.1) is 12.1 Å². The fourth-order valence-corrected chi connectivity index (χ4v) is 1.83. The fraction of sp³-hybridized carbons (Fsp3) is 0.167. The first-order valence-electron chi connectivity index (χ1n) is 4.45. The van der Waals surface area contributed by atoms with E-state index >= 15 is 0 Å². The number of hydrogen-bond acceptors (Lipinski definition) is 2. The van der Waals surface area contributed by atoms with Crippen molar-refractivity contribution in [3.05, 3.63) is 40.0 Å². The summed E-state index contributed by atoms with van der Waals surface area (Å²) in [6.45, 7) is 0. The molecule has 0 heterocycles. The van der Waals surface area contributed by atoms with E-state index in [2.05, 4.69) is 22.6 Å². The van der Waals surface area contributed by atoms with Crippen LogP contribution >= 0.6 is 22.6 Å². The molecular formula is C12H9IN2. The maximum atomic E-state index is 8.72. The van der Waals surface area contributed by atoms with Gasteiger partial charge < -0.3 is 0 Å². The van der Waals surface area contributed by atoms with Crippen LogP contribution in [-0.2, 0) is 0 Å². The minimum atomic E-state index is -0.564. The highest BCUT2D eigenvalue weighted by atomic mass is 127. The molecule has 1 aromatic rings. The Morgan fingerprint density at radius 3 is 2.33 bits per heavy atom. The molecule has 1 aromatic carbocycles. The summed E-state index contributed by atoms with van der Waals surface area (Å²) < 4.78 is 1.93. The second-order valence-corrected chi connectivity index (χ2v) is 3.64. The van der Waals surface area contributed by atoms with Crippen molar-refractivity contribution in [2.45, 2.75) is 6.42 Å². The Morgan fingerprint density at radius 1 is 1.27 bits per heavy atom. The maximum Gasteiger partial charge on any atom is 0.137 e. The van der Waals surface area contributed by atoms with E-state index in [1.165, 1.54) is 0 Å². The standard InChI is InChI=1S/C12H9IN2/c13-7-12(6-10(8-14)9-15)11-4-2-1-3-5-11/h1-5,7,10H,6H2. The third kappa shape index (κ3) is 3.38. The molecule has 0 N–H and O–H groups in total. The summed E-state index contributed by atoms with van der Waals surface area (Å²) in [5.41, 5.74) is 2.10. The molecule has 0 radical (unpaired) electrons. The minimum Gasteiger partial charge on any atom is -0.197 e. The molecule has 0 aliphatic rings. The van der Waals surface area contributed by atoms with Crippen molar-refractivity contribution in [3.8, 4) is 12.1 Å². The van der Waals surface area contributed by atoms with Gasteiger partial charge in [-0.05, 0) is 15.2 Å². The normalized spacial score (nSPS) is 10.8. The third-order valence-electron chi connectivity index (χ3n) is 2.01. The minimum absolute atomic E-state index is 0.486.